The van der Waals surface area contributed by atoms with Crippen LogP contribution in [-0.4, -0.2) is 90.9 Å². The van der Waals surface area contributed by atoms with E-state index in [1.165, 1.54) is 29.4 Å². The first-order valence-corrected chi connectivity index (χ1v) is 23.9. The van der Waals surface area contributed by atoms with Crippen LogP contribution in [0.5, 0.6) is 11.5 Å². The number of nitrogens with zero attached hydrogens (tertiary/aromatic N) is 3. The Morgan fingerprint density at radius 3 is 2.40 bits per heavy atom. The lowest BCUT2D eigenvalue weighted by atomic mass is 9.77. The number of aromatic nitrogens is 2. The van der Waals surface area contributed by atoms with Crippen molar-refractivity contribution in [3.63, 3.8) is 0 Å². The molecule has 0 radical (unpaired) electrons. The lowest BCUT2D eigenvalue weighted by molar-refractivity contribution is -0.156. The molecule has 2 aromatic heterocycles. The molecule has 2 amide bonds. The van der Waals surface area contributed by atoms with Gasteiger partial charge in [0.1, 0.15) is 34.4 Å². The summed E-state index contributed by atoms with van der Waals surface area (Å²) in [4.78, 5) is 67.8. The first-order chi connectivity index (χ1) is 29.3. The van der Waals surface area contributed by atoms with Crippen LogP contribution in [0.4, 0.5) is 5.13 Å². The molecule has 0 spiro atoms. The van der Waals surface area contributed by atoms with E-state index in [4.69, 9.17) is 40.0 Å². The number of carbonyl (C=O) groups is 4. The number of thiazole rings is 1. The van der Waals surface area contributed by atoms with Crippen LogP contribution in [0.25, 0.3) is 22.3 Å². The van der Waals surface area contributed by atoms with E-state index in [9.17, 15) is 27.6 Å². The van der Waals surface area contributed by atoms with E-state index < -0.39 is 74.8 Å². The number of amides is 2. The molecule has 1 aromatic carbocycles. The van der Waals surface area contributed by atoms with E-state index >= 15 is 0 Å². The van der Waals surface area contributed by atoms with Gasteiger partial charge in [-0.1, -0.05) is 38.4 Å². The standard InChI is InChI=1S/C44H56ClN5O10S2/c1-8-25-20-44(25,41(54)49-62(55,56)60-27-13-14-27)21-34(51)33-17-28(22-50(33)40(53)30(43(4,5)6)18-37(52)59-26-11-9-10-12-26)58-36-19-31(32-23-61-42(48-32)46-24(2)3)47-39-29(36)15-16-35(57-7)38(39)45/h8,15-16,19,23-28,30,33H,1,9-14,17-18,20-22H2,2-7H3,(H,46,48)(H,49,54)/t25-,28-,30-,33+,44-/m1/s1. The van der Waals surface area contributed by atoms with Crippen molar-refractivity contribution in [1.29, 1.82) is 0 Å². The molecule has 3 aromatic rings. The smallest absolute Gasteiger partial charge is 0.362 e. The van der Waals surface area contributed by atoms with Gasteiger partial charge in [0.05, 0.1) is 54.8 Å². The number of halogens is 1. The van der Waals surface area contributed by atoms with Crippen molar-refractivity contribution in [2.75, 3.05) is 19.0 Å². The topological polar surface area (TPSA) is 192 Å². The SMILES string of the molecule is C=C[C@@H]1C[C@]1(CC(=O)[C@@H]1C[C@@H](Oc2cc(-c3csc(NC(C)C)n3)nc3c(Cl)c(OC)ccc23)CN1C(=O)[C@@H](CC(=O)OC1CCCC1)C(C)(C)C)C(=O)NS(=O)(=O)OC1CC1. The second-order valence-corrected chi connectivity index (χ2v) is 20.9. The van der Waals surface area contributed by atoms with Crippen molar-refractivity contribution in [2.24, 2.45) is 22.7 Å². The molecule has 62 heavy (non-hydrogen) atoms. The fourth-order valence-corrected chi connectivity index (χ4v) is 10.6. The van der Waals surface area contributed by atoms with Crippen LogP contribution in [0.2, 0.25) is 5.02 Å². The fourth-order valence-electron chi connectivity index (χ4n) is 8.48. The molecule has 3 heterocycles. The van der Waals surface area contributed by atoms with E-state index in [2.05, 4.69) is 11.9 Å². The molecule has 3 saturated carbocycles. The number of anilines is 1. The third-order valence-electron chi connectivity index (χ3n) is 12.1. The summed E-state index contributed by atoms with van der Waals surface area (Å²) in [6.45, 7) is 13.4. The summed E-state index contributed by atoms with van der Waals surface area (Å²) in [6.07, 6.45) is 4.40. The molecule has 336 valence electrons. The number of hydrogen-bond donors (Lipinski definition) is 2. The number of rotatable bonds is 18. The van der Waals surface area contributed by atoms with Crippen molar-refractivity contribution in [3.05, 3.63) is 41.3 Å². The highest BCUT2D eigenvalue weighted by molar-refractivity contribution is 7.85. The van der Waals surface area contributed by atoms with Crippen LogP contribution in [0.15, 0.2) is 36.2 Å². The summed E-state index contributed by atoms with van der Waals surface area (Å²) >= 11 is 8.28. The maximum absolute atomic E-state index is 14.9. The summed E-state index contributed by atoms with van der Waals surface area (Å²) in [6, 6.07) is 4.29. The molecule has 0 unspecified atom stereocenters. The van der Waals surface area contributed by atoms with Crippen molar-refractivity contribution < 1.29 is 46.0 Å². The molecular formula is C44H56ClN5O10S2. The Morgan fingerprint density at radius 1 is 1.05 bits per heavy atom. The number of pyridine rings is 1. The number of allylic oxidation sites excluding steroid dienone is 1. The van der Waals surface area contributed by atoms with Gasteiger partial charge >= 0.3 is 16.3 Å². The van der Waals surface area contributed by atoms with Crippen LogP contribution in [0, 0.1) is 22.7 Å². The molecule has 5 atom stereocenters. The Labute approximate surface area is 371 Å². The van der Waals surface area contributed by atoms with Crippen molar-refractivity contribution in [2.45, 2.75) is 129 Å². The van der Waals surface area contributed by atoms with Crippen LogP contribution >= 0.6 is 22.9 Å². The maximum atomic E-state index is 14.9. The molecule has 1 aliphatic heterocycles. The Kier molecular flexibility index (Phi) is 13.3. The summed E-state index contributed by atoms with van der Waals surface area (Å²) in [5, 5.41) is 6.70. The van der Waals surface area contributed by atoms with Crippen LogP contribution in [0.1, 0.15) is 98.8 Å². The third-order valence-corrected chi connectivity index (χ3v) is 14.2. The third kappa shape index (κ3) is 10.2. The van der Waals surface area contributed by atoms with Crippen molar-refractivity contribution in [1.82, 2.24) is 19.6 Å². The minimum atomic E-state index is -4.42. The minimum absolute atomic E-state index is 0.0324. The van der Waals surface area contributed by atoms with Crippen LogP contribution in [-0.2, 0) is 38.4 Å². The number of nitrogens with one attached hydrogen (secondary N) is 2. The molecule has 7 rings (SSSR count). The number of fused-ring (bicyclic) bond motifs is 1. The lowest BCUT2D eigenvalue weighted by Gasteiger charge is -2.35. The number of ether oxygens (including phenoxy) is 3. The zero-order valence-corrected chi connectivity index (χ0v) is 38.4. The van der Waals surface area contributed by atoms with Gasteiger partial charge in [0.15, 0.2) is 10.9 Å². The molecule has 2 N–H and O–H groups in total. The van der Waals surface area contributed by atoms with Gasteiger partial charge in [-0.2, -0.15) is 8.42 Å². The first kappa shape index (κ1) is 45.7. The van der Waals surface area contributed by atoms with E-state index in [1.807, 2.05) is 44.7 Å². The molecule has 3 aliphatic carbocycles. The lowest BCUT2D eigenvalue weighted by Crippen LogP contribution is -2.48. The predicted molar refractivity (Wildman–Crippen MR) is 235 cm³/mol. The number of hydrogen-bond acceptors (Lipinski definition) is 14. The molecule has 15 nitrogen and oxygen atoms in total. The zero-order chi connectivity index (χ0) is 44.7. The highest BCUT2D eigenvalue weighted by atomic mass is 35.5. The Morgan fingerprint density at radius 2 is 1.77 bits per heavy atom. The molecule has 4 fully saturated rings. The number of carbonyl (C=O) groups excluding carboxylic acids is 4. The normalized spacial score (nSPS) is 23.3. The highest BCUT2D eigenvalue weighted by Crippen LogP contribution is 2.57. The van der Waals surface area contributed by atoms with Gasteiger partial charge in [-0.3, -0.25) is 23.4 Å². The van der Waals surface area contributed by atoms with Crippen molar-refractivity contribution >= 4 is 72.8 Å². The van der Waals surface area contributed by atoms with Crippen molar-refractivity contribution in [3.8, 4) is 22.9 Å². The largest absolute Gasteiger partial charge is 0.495 e. The molecule has 1 saturated heterocycles. The molecular weight excluding hydrogens is 858 g/mol. The Balaban J connectivity index is 1.22. The summed E-state index contributed by atoms with van der Waals surface area (Å²) in [5.74, 6) is -2.79. The number of benzene rings is 1. The van der Waals surface area contributed by atoms with Gasteiger partial charge in [0.25, 0.3) is 0 Å². The number of ketones is 1. The average Bonchev–Trinajstić information content (AvgIpc) is 3.90. The number of methoxy groups -OCH3 is 1. The molecule has 4 aliphatic rings. The minimum Gasteiger partial charge on any atom is -0.495 e. The second kappa shape index (κ2) is 18.0. The number of esters is 1. The quantitative estimate of drug-likeness (QED) is 0.0948. The van der Waals surface area contributed by atoms with Gasteiger partial charge in [0.2, 0.25) is 11.8 Å². The first-order valence-electron chi connectivity index (χ1n) is 21.3. The monoisotopic (exact) mass is 913 g/mol. The fraction of sp³-hybridized carbons (Fsp3) is 0.591. The van der Waals surface area contributed by atoms with Crippen LogP contribution < -0.4 is 19.5 Å². The van der Waals surface area contributed by atoms with Gasteiger partial charge < -0.3 is 24.4 Å². The average molecular weight is 915 g/mol. The van der Waals surface area contributed by atoms with Gasteiger partial charge in [0, 0.05) is 35.7 Å². The predicted octanol–water partition coefficient (Wildman–Crippen LogP) is 7.42. The highest BCUT2D eigenvalue weighted by Gasteiger charge is 2.61. The molecule has 18 heteroatoms. The van der Waals surface area contributed by atoms with Gasteiger partial charge in [-0.25, -0.2) is 14.7 Å². The summed E-state index contributed by atoms with van der Waals surface area (Å²) < 4.78 is 50.7. The summed E-state index contributed by atoms with van der Waals surface area (Å²) in [7, 11) is -2.91. The zero-order valence-electron chi connectivity index (χ0n) is 36.0. The van der Waals surface area contributed by atoms with E-state index in [-0.39, 0.29) is 49.4 Å². The van der Waals surface area contributed by atoms with E-state index in [0.29, 0.717) is 51.8 Å². The number of Topliss-reactive ketones (excluding diaryl/α,β-unsaturated/α-hetero) is 1. The summed E-state index contributed by atoms with van der Waals surface area (Å²) in [5.41, 5.74) is -0.686. The van der Waals surface area contributed by atoms with Gasteiger partial charge in [-0.15, -0.1) is 17.9 Å². The van der Waals surface area contributed by atoms with Crippen LogP contribution in [0.3, 0.4) is 0 Å². The maximum Gasteiger partial charge on any atom is 0.362 e. The Hall–Kier alpha value is -4.32. The van der Waals surface area contributed by atoms with E-state index in [1.54, 1.807) is 18.2 Å². The Bertz CT molecular complexity index is 2340. The number of likely N-dealkylation sites (tertiary alicyclic amines) is 1. The molecule has 0 bridgehead atoms. The van der Waals surface area contributed by atoms with E-state index in [0.717, 1.165) is 25.7 Å². The second-order valence-electron chi connectivity index (χ2n) is 18.3. The van der Waals surface area contributed by atoms with Gasteiger partial charge in [-0.05, 0) is 82.3 Å².